The summed E-state index contributed by atoms with van der Waals surface area (Å²) < 4.78 is 0. The van der Waals surface area contributed by atoms with Crippen molar-refractivity contribution in [3.63, 3.8) is 0 Å². The standard InChI is InChI=1S/C21H22ClN3O2/c1-15-7-8-16(22)13-18(15)23-9-11-24(12-10-23)19-14-20(26)25(21(19)27)17-5-3-2-4-6-17/h2-8,13,19H,9-12,14H2,1H3/t19-/m1/s1. The number of hydrogen-bond acceptors (Lipinski definition) is 4. The smallest absolute Gasteiger partial charge is 0.251 e. The predicted molar refractivity (Wildman–Crippen MR) is 107 cm³/mol. The minimum atomic E-state index is -0.361. The molecule has 2 aliphatic heterocycles. The Morgan fingerprint density at radius 3 is 2.37 bits per heavy atom. The molecule has 5 nitrogen and oxygen atoms in total. The molecule has 0 N–H and O–H groups in total. The number of para-hydroxylation sites is 1. The van der Waals surface area contributed by atoms with Crippen LogP contribution in [0.1, 0.15) is 12.0 Å². The summed E-state index contributed by atoms with van der Waals surface area (Å²) in [5, 5.41) is 0.730. The second kappa shape index (κ2) is 7.33. The zero-order valence-corrected chi connectivity index (χ0v) is 16.0. The number of halogens is 1. The topological polar surface area (TPSA) is 43.9 Å². The van der Waals surface area contributed by atoms with Crippen molar-refractivity contribution in [2.45, 2.75) is 19.4 Å². The van der Waals surface area contributed by atoms with E-state index in [0.29, 0.717) is 5.69 Å². The van der Waals surface area contributed by atoms with E-state index in [9.17, 15) is 9.59 Å². The van der Waals surface area contributed by atoms with E-state index < -0.39 is 0 Å². The van der Waals surface area contributed by atoms with Crippen LogP contribution in [-0.4, -0.2) is 48.9 Å². The second-order valence-corrected chi connectivity index (χ2v) is 7.51. The molecule has 2 fully saturated rings. The van der Waals surface area contributed by atoms with Gasteiger partial charge >= 0.3 is 0 Å². The van der Waals surface area contributed by atoms with Gasteiger partial charge in [-0.15, -0.1) is 0 Å². The van der Waals surface area contributed by atoms with Gasteiger partial charge < -0.3 is 4.90 Å². The Balaban J connectivity index is 1.45. The summed E-state index contributed by atoms with van der Waals surface area (Å²) in [6.07, 6.45) is 0.254. The van der Waals surface area contributed by atoms with Crippen molar-refractivity contribution < 1.29 is 9.59 Å². The quantitative estimate of drug-likeness (QED) is 0.764. The van der Waals surface area contributed by atoms with E-state index in [4.69, 9.17) is 11.6 Å². The summed E-state index contributed by atoms with van der Waals surface area (Å²) in [5.41, 5.74) is 2.99. The Labute approximate surface area is 164 Å². The molecule has 140 valence electrons. The highest BCUT2D eigenvalue weighted by molar-refractivity contribution is 6.30. The van der Waals surface area contributed by atoms with Crippen molar-refractivity contribution in [2.24, 2.45) is 0 Å². The minimum absolute atomic E-state index is 0.112. The Morgan fingerprint density at radius 2 is 1.67 bits per heavy atom. The van der Waals surface area contributed by atoms with Gasteiger partial charge in [0.2, 0.25) is 5.91 Å². The monoisotopic (exact) mass is 383 g/mol. The highest BCUT2D eigenvalue weighted by Gasteiger charge is 2.43. The molecule has 2 amide bonds. The van der Waals surface area contributed by atoms with Gasteiger partial charge in [-0.25, -0.2) is 4.90 Å². The molecule has 2 aliphatic rings. The Hall–Kier alpha value is -2.37. The SMILES string of the molecule is Cc1ccc(Cl)cc1N1CCN([C@@H]2CC(=O)N(c3ccccc3)C2=O)CC1. The number of hydrogen-bond donors (Lipinski definition) is 0. The average Bonchev–Trinajstić information content (AvgIpc) is 2.99. The van der Waals surface area contributed by atoms with Gasteiger partial charge in [0, 0.05) is 36.9 Å². The average molecular weight is 384 g/mol. The third-order valence-electron chi connectivity index (χ3n) is 5.40. The number of aryl methyl sites for hydroxylation is 1. The Bertz CT molecular complexity index is 863. The van der Waals surface area contributed by atoms with Crippen LogP contribution in [0, 0.1) is 6.92 Å². The number of carbonyl (C=O) groups is 2. The summed E-state index contributed by atoms with van der Waals surface area (Å²) in [6, 6.07) is 14.7. The lowest BCUT2D eigenvalue weighted by Gasteiger charge is -2.38. The van der Waals surface area contributed by atoms with E-state index >= 15 is 0 Å². The molecular formula is C21H22ClN3O2. The van der Waals surface area contributed by atoms with Crippen molar-refractivity contribution in [3.05, 3.63) is 59.1 Å². The molecule has 0 radical (unpaired) electrons. The lowest BCUT2D eigenvalue weighted by molar-refractivity contribution is -0.123. The van der Waals surface area contributed by atoms with Crippen molar-refractivity contribution in [1.82, 2.24) is 4.90 Å². The van der Waals surface area contributed by atoms with Crippen LogP contribution in [0.4, 0.5) is 11.4 Å². The number of benzene rings is 2. The predicted octanol–water partition coefficient (Wildman–Crippen LogP) is 3.10. The van der Waals surface area contributed by atoms with Crippen LogP contribution < -0.4 is 9.80 Å². The first-order chi connectivity index (χ1) is 13.0. The minimum Gasteiger partial charge on any atom is -0.369 e. The third kappa shape index (κ3) is 3.45. The molecular weight excluding hydrogens is 362 g/mol. The van der Waals surface area contributed by atoms with Gasteiger partial charge in [-0.2, -0.15) is 0 Å². The molecule has 0 aromatic heterocycles. The van der Waals surface area contributed by atoms with Crippen LogP contribution >= 0.6 is 11.6 Å². The number of amides is 2. The molecule has 6 heteroatoms. The van der Waals surface area contributed by atoms with Crippen molar-refractivity contribution in [3.8, 4) is 0 Å². The second-order valence-electron chi connectivity index (χ2n) is 7.08. The molecule has 0 spiro atoms. The van der Waals surface area contributed by atoms with Gasteiger partial charge in [0.25, 0.3) is 5.91 Å². The Kier molecular flexibility index (Phi) is 4.89. The molecule has 27 heavy (non-hydrogen) atoms. The molecule has 4 rings (SSSR count). The van der Waals surface area contributed by atoms with Crippen molar-refractivity contribution in [2.75, 3.05) is 36.0 Å². The fraction of sp³-hybridized carbons (Fsp3) is 0.333. The van der Waals surface area contributed by atoms with Gasteiger partial charge in [-0.3, -0.25) is 14.5 Å². The third-order valence-corrected chi connectivity index (χ3v) is 5.64. The number of nitrogens with zero attached hydrogens (tertiary/aromatic N) is 3. The largest absolute Gasteiger partial charge is 0.369 e. The molecule has 0 saturated carbocycles. The van der Waals surface area contributed by atoms with E-state index in [1.807, 2.05) is 36.4 Å². The molecule has 2 aromatic rings. The van der Waals surface area contributed by atoms with Crippen LogP contribution in [-0.2, 0) is 9.59 Å². The first-order valence-electron chi connectivity index (χ1n) is 9.21. The molecule has 2 heterocycles. The summed E-state index contributed by atoms with van der Waals surface area (Å²) in [5.74, 6) is -0.233. The van der Waals surface area contributed by atoms with Crippen molar-refractivity contribution in [1.29, 1.82) is 0 Å². The number of carbonyl (C=O) groups excluding carboxylic acids is 2. The van der Waals surface area contributed by atoms with Gasteiger partial charge in [0.15, 0.2) is 0 Å². The number of anilines is 2. The maximum Gasteiger partial charge on any atom is 0.251 e. The van der Waals surface area contributed by atoms with Crippen LogP contribution in [0.5, 0.6) is 0 Å². The molecule has 0 unspecified atom stereocenters. The van der Waals surface area contributed by atoms with Gasteiger partial charge in [0.1, 0.15) is 0 Å². The summed E-state index contributed by atoms with van der Waals surface area (Å²) in [6.45, 7) is 5.19. The zero-order chi connectivity index (χ0) is 19.0. The van der Waals surface area contributed by atoms with Gasteiger partial charge in [-0.1, -0.05) is 35.9 Å². The van der Waals surface area contributed by atoms with E-state index in [1.165, 1.54) is 10.5 Å². The number of piperazine rings is 1. The van der Waals surface area contributed by atoms with Crippen LogP contribution in [0.25, 0.3) is 0 Å². The van der Waals surface area contributed by atoms with Crippen molar-refractivity contribution >= 4 is 34.8 Å². The van der Waals surface area contributed by atoms with Crippen LogP contribution in [0.3, 0.4) is 0 Å². The summed E-state index contributed by atoms with van der Waals surface area (Å²) >= 11 is 6.15. The first kappa shape index (κ1) is 18.0. The fourth-order valence-electron chi connectivity index (χ4n) is 3.95. The number of rotatable bonds is 3. The summed E-state index contributed by atoms with van der Waals surface area (Å²) in [4.78, 5) is 31.1. The number of imide groups is 1. The molecule has 0 bridgehead atoms. The molecule has 2 aromatic carbocycles. The first-order valence-corrected chi connectivity index (χ1v) is 9.59. The Morgan fingerprint density at radius 1 is 0.963 bits per heavy atom. The molecule has 1 atom stereocenters. The highest BCUT2D eigenvalue weighted by atomic mass is 35.5. The maximum absolute atomic E-state index is 12.9. The van der Waals surface area contributed by atoms with Gasteiger partial charge in [0.05, 0.1) is 18.2 Å². The molecule has 2 saturated heterocycles. The maximum atomic E-state index is 12.9. The van der Waals surface area contributed by atoms with Gasteiger partial charge in [-0.05, 0) is 36.8 Å². The van der Waals surface area contributed by atoms with Crippen LogP contribution in [0.15, 0.2) is 48.5 Å². The van der Waals surface area contributed by atoms with E-state index in [-0.39, 0.29) is 24.3 Å². The van der Waals surface area contributed by atoms with E-state index in [2.05, 4.69) is 16.7 Å². The summed E-state index contributed by atoms with van der Waals surface area (Å²) in [7, 11) is 0. The molecule has 0 aliphatic carbocycles. The van der Waals surface area contributed by atoms with Crippen LogP contribution in [0.2, 0.25) is 5.02 Å². The lowest BCUT2D eigenvalue weighted by Crippen LogP contribution is -2.52. The zero-order valence-electron chi connectivity index (χ0n) is 15.3. The van der Waals surface area contributed by atoms with E-state index in [1.54, 1.807) is 12.1 Å². The fourth-order valence-corrected chi connectivity index (χ4v) is 4.11. The highest BCUT2D eigenvalue weighted by Crippen LogP contribution is 2.29. The normalized spacial score (nSPS) is 21.2. The lowest BCUT2D eigenvalue weighted by atomic mass is 10.1. The van der Waals surface area contributed by atoms with E-state index in [0.717, 1.165) is 36.9 Å².